The van der Waals surface area contributed by atoms with Gasteiger partial charge in [0.25, 0.3) is 0 Å². The SMILES string of the molecule is CN=C(NCCc1nc(-c2ccco2)n[nH]1)NCC(=O)NC(C)(C)C. The van der Waals surface area contributed by atoms with Gasteiger partial charge in [0, 0.05) is 25.6 Å². The largest absolute Gasteiger partial charge is 0.461 e. The summed E-state index contributed by atoms with van der Waals surface area (Å²) in [5.41, 5.74) is -0.256. The van der Waals surface area contributed by atoms with Crippen molar-refractivity contribution in [3.8, 4) is 11.6 Å². The van der Waals surface area contributed by atoms with Crippen LogP contribution in [0.1, 0.15) is 26.6 Å². The number of amides is 1. The maximum absolute atomic E-state index is 11.8. The molecule has 0 aromatic carbocycles. The standard InChI is InChI=1S/C16H25N7O2/c1-16(2,3)21-13(24)10-19-15(17-4)18-8-7-12-20-14(23-22-12)11-6-5-9-25-11/h5-6,9H,7-8,10H2,1-4H3,(H,21,24)(H2,17,18,19)(H,20,22,23). The minimum atomic E-state index is -0.256. The minimum Gasteiger partial charge on any atom is -0.461 e. The topological polar surface area (TPSA) is 120 Å². The lowest BCUT2D eigenvalue weighted by molar-refractivity contribution is -0.121. The Labute approximate surface area is 146 Å². The van der Waals surface area contributed by atoms with Crippen LogP contribution in [0.25, 0.3) is 11.6 Å². The van der Waals surface area contributed by atoms with Crippen molar-refractivity contribution in [1.82, 2.24) is 31.1 Å². The number of guanidine groups is 1. The van der Waals surface area contributed by atoms with E-state index in [2.05, 4.69) is 36.1 Å². The van der Waals surface area contributed by atoms with Gasteiger partial charge in [-0.2, -0.15) is 5.10 Å². The summed E-state index contributed by atoms with van der Waals surface area (Å²) in [6.07, 6.45) is 2.21. The molecule has 1 amide bonds. The monoisotopic (exact) mass is 347 g/mol. The molecule has 136 valence electrons. The van der Waals surface area contributed by atoms with Gasteiger partial charge in [0.2, 0.25) is 11.7 Å². The van der Waals surface area contributed by atoms with Crippen LogP contribution in [0.4, 0.5) is 0 Å². The fourth-order valence-electron chi connectivity index (χ4n) is 2.07. The molecule has 2 rings (SSSR count). The van der Waals surface area contributed by atoms with Crippen molar-refractivity contribution in [1.29, 1.82) is 0 Å². The van der Waals surface area contributed by atoms with Crippen molar-refractivity contribution in [3.63, 3.8) is 0 Å². The summed E-state index contributed by atoms with van der Waals surface area (Å²) in [4.78, 5) is 20.3. The van der Waals surface area contributed by atoms with Gasteiger partial charge in [-0.3, -0.25) is 14.9 Å². The Bertz CT molecular complexity index is 698. The lowest BCUT2D eigenvalue weighted by atomic mass is 10.1. The number of hydrogen-bond acceptors (Lipinski definition) is 5. The lowest BCUT2D eigenvalue weighted by Gasteiger charge is -2.21. The van der Waals surface area contributed by atoms with E-state index in [-0.39, 0.29) is 18.0 Å². The average molecular weight is 347 g/mol. The van der Waals surface area contributed by atoms with Crippen LogP contribution < -0.4 is 16.0 Å². The maximum Gasteiger partial charge on any atom is 0.239 e. The predicted molar refractivity (Wildman–Crippen MR) is 95.0 cm³/mol. The normalized spacial score (nSPS) is 12.1. The first-order valence-electron chi connectivity index (χ1n) is 8.08. The molecule has 0 fully saturated rings. The smallest absolute Gasteiger partial charge is 0.239 e. The maximum atomic E-state index is 11.8. The van der Waals surface area contributed by atoms with Crippen LogP contribution in [0.2, 0.25) is 0 Å². The second-order valence-corrected chi connectivity index (χ2v) is 6.48. The molecule has 9 nitrogen and oxygen atoms in total. The highest BCUT2D eigenvalue weighted by molar-refractivity contribution is 5.86. The highest BCUT2D eigenvalue weighted by Crippen LogP contribution is 2.14. The summed E-state index contributed by atoms with van der Waals surface area (Å²) in [5, 5.41) is 16.0. The number of carbonyl (C=O) groups is 1. The van der Waals surface area contributed by atoms with Gasteiger partial charge in [-0.05, 0) is 32.9 Å². The fourth-order valence-corrected chi connectivity index (χ4v) is 2.07. The van der Waals surface area contributed by atoms with Gasteiger partial charge in [0.15, 0.2) is 11.7 Å². The zero-order chi connectivity index (χ0) is 18.3. The molecule has 2 aromatic rings. The van der Waals surface area contributed by atoms with Gasteiger partial charge >= 0.3 is 0 Å². The van der Waals surface area contributed by atoms with Gasteiger partial charge in [0.05, 0.1) is 12.8 Å². The summed E-state index contributed by atoms with van der Waals surface area (Å²) in [5.74, 6) is 2.35. The number of rotatable bonds is 6. The highest BCUT2D eigenvalue weighted by Gasteiger charge is 2.13. The van der Waals surface area contributed by atoms with Crippen LogP contribution in [0.15, 0.2) is 27.8 Å². The molecule has 0 aliphatic rings. The summed E-state index contributed by atoms with van der Waals surface area (Å²) < 4.78 is 5.25. The lowest BCUT2D eigenvalue weighted by Crippen LogP contribution is -2.48. The van der Waals surface area contributed by atoms with Crippen LogP contribution >= 0.6 is 0 Å². The van der Waals surface area contributed by atoms with Crippen LogP contribution in [0.3, 0.4) is 0 Å². The van der Waals surface area contributed by atoms with Gasteiger partial charge in [-0.25, -0.2) is 4.98 Å². The van der Waals surface area contributed by atoms with Crippen molar-refractivity contribution in [2.75, 3.05) is 20.1 Å². The van der Waals surface area contributed by atoms with Crippen LogP contribution in [0, 0.1) is 0 Å². The molecule has 9 heteroatoms. The molecule has 2 aromatic heterocycles. The Balaban J connectivity index is 1.73. The van der Waals surface area contributed by atoms with E-state index in [1.54, 1.807) is 25.4 Å². The molecule has 0 saturated carbocycles. The van der Waals surface area contributed by atoms with E-state index < -0.39 is 0 Å². The number of furan rings is 1. The Morgan fingerprint density at radius 3 is 2.80 bits per heavy atom. The Morgan fingerprint density at radius 2 is 2.16 bits per heavy atom. The van der Waals surface area contributed by atoms with E-state index >= 15 is 0 Å². The Hall–Kier alpha value is -2.84. The Kier molecular flexibility index (Phi) is 6.15. The van der Waals surface area contributed by atoms with Crippen molar-refractivity contribution >= 4 is 11.9 Å². The molecule has 4 N–H and O–H groups in total. The second-order valence-electron chi connectivity index (χ2n) is 6.48. The van der Waals surface area contributed by atoms with E-state index in [0.717, 1.165) is 5.82 Å². The number of nitrogens with one attached hydrogen (secondary N) is 4. The first kappa shape index (κ1) is 18.5. The molecule has 0 spiro atoms. The van der Waals surface area contributed by atoms with Crippen molar-refractivity contribution < 1.29 is 9.21 Å². The summed E-state index contributed by atoms with van der Waals surface area (Å²) >= 11 is 0. The average Bonchev–Trinajstić information content (AvgIpc) is 3.19. The third kappa shape index (κ3) is 6.28. The number of nitrogens with zero attached hydrogens (tertiary/aromatic N) is 3. The summed E-state index contributed by atoms with van der Waals surface area (Å²) in [6, 6.07) is 3.60. The Morgan fingerprint density at radius 1 is 1.36 bits per heavy atom. The van der Waals surface area contributed by atoms with Gasteiger partial charge in [0.1, 0.15) is 5.82 Å². The van der Waals surface area contributed by atoms with Crippen molar-refractivity contribution in [2.24, 2.45) is 4.99 Å². The highest BCUT2D eigenvalue weighted by atomic mass is 16.3. The zero-order valence-electron chi connectivity index (χ0n) is 15.0. The number of carbonyl (C=O) groups excluding carboxylic acids is 1. The number of hydrogen-bond donors (Lipinski definition) is 4. The molecule has 0 atom stereocenters. The predicted octanol–water partition coefficient (Wildman–Crippen LogP) is 0.687. The van der Waals surface area contributed by atoms with E-state index in [4.69, 9.17) is 4.42 Å². The molecule has 0 aliphatic carbocycles. The fraction of sp³-hybridized carbons (Fsp3) is 0.500. The number of H-pyrrole nitrogens is 1. The molecule has 0 radical (unpaired) electrons. The van der Waals surface area contributed by atoms with Crippen LogP contribution in [-0.4, -0.2) is 52.7 Å². The first-order valence-corrected chi connectivity index (χ1v) is 8.08. The van der Waals surface area contributed by atoms with E-state index in [9.17, 15) is 4.79 Å². The van der Waals surface area contributed by atoms with Gasteiger partial charge in [-0.1, -0.05) is 0 Å². The molecule has 0 bridgehead atoms. The molecule has 0 aliphatic heterocycles. The third-order valence-corrected chi connectivity index (χ3v) is 3.08. The molecule has 0 saturated heterocycles. The molecule has 0 unspecified atom stereocenters. The van der Waals surface area contributed by atoms with Gasteiger partial charge in [-0.15, -0.1) is 0 Å². The molecular formula is C16H25N7O2. The van der Waals surface area contributed by atoms with Crippen molar-refractivity contribution in [3.05, 3.63) is 24.2 Å². The second kappa shape index (κ2) is 8.32. The number of aliphatic imine (C=N–C) groups is 1. The molecule has 25 heavy (non-hydrogen) atoms. The zero-order valence-corrected chi connectivity index (χ0v) is 15.0. The van der Waals surface area contributed by atoms with Crippen LogP contribution in [-0.2, 0) is 11.2 Å². The number of aromatic nitrogens is 3. The summed E-state index contributed by atoms with van der Waals surface area (Å²) in [7, 11) is 1.65. The molecule has 2 heterocycles. The van der Waals surface area contributed by atoms with E-state index in [0.29, 0.717) is 30.5 Å². The molecular weight excluding hydrogens is 322 g/mol. The quantitative estimate of drug-likeness (QED) is 0.451. The van der Waals surface area contributed by atoms with Crippen molar-refractivity contribution in [2.45, 2.75) is 32.7 Å². The summed E-state index contributed by atoms with van der Waals surface area (Å²) in [6.45, 7) is 6.56. The van der Waals surface area contributed by atoms with E-state index in [1.165, 1.54) is 0 Å². The minimum absolute atomic E-state index is 0.0891. The van der Waals surface area contributed by atoms with Gasteiger partial charge < -0.3 is 20.4 Å². The third-order valence-electron chi connectivity index (χ3n) is 3.08. The van der Waals surface area contributed by atoms with Crippen LogP contribution in [0.5, 0.6) is 0 Å². The first-order chi connectivity index (χ1) is 11.9. The number of aromatic amines is 1. The van der Waals surface area contributed by atoms with E-state index in [1.807, 2.05) is 20.8 Å².